The maximum Gasteiger partial charge on any atom is 0.0360 e. The molecule has 1 unspecified atom stereocenters. The molecule has 0 N–H and O–H groups in total. The lowest BCUT2D eigenvalue weighted by atomic mass is 10.0. The zero-order valence-corrected chi connectivity index (χ0v) is 9.85. The first kappa shape index (κ1) is 11.3. The molecule has 0 spiro atoms. The maximum absolute atomic E-state index is 6.07. The van der Waals surface area contributed by atoms with E-state index in [0.29, 0.717) is 5.38 Å². The number of rotatable bonds is 3. The summed E-state index contributed by atoms with van der Waals surface area (Å²) < 4.78 is 0. The number of hydrogen-bond donors (Lipinski definition) is 0. The van der Waals surface area contributed by atoms with E-state index in [4.69, 9.17) is 11.6 Å². The van der Waals surface area contributed by atoms with Crippen LogP contribution in [0.5, 0.6) is 0 Å². The lowest BCUT2D eigenvalue weighted by molar-refractivity contribution is 0.158. The zero-order valence-electron chi connectivity index (χ0n) is 9.09. The molecule has 0 aromatic carbocycles. The summed E-state index contributed by atoms with van der Waals surface area (Å²) in [5.41, 5.74) is 0. The molecule has 0 bridgehead atoms. The molecule has 0 amide bonds. The van der Waals surface area contributed by atoms with Gasteiger partial charge in [0.2, 0.25) is 0 Å². The van der Waals surface area contributed by atoms with Gasteiger partial charge >= 0.3 is 0 Å². The normalized spacial score (nSPS) is 23.8. The van der Waals surface area contributed by atoms with Gasteiger partial charge in [-0.15, -0.1) is 11.6 Å². The van der Waals surface area contributed by atoms with Crippen molar-refractivity contribution in [3.05, 3.63) is 0 Å². The molecule has 1 fully saturated rings. The van der Waals surface area contributed by atoms with E-state index in [-0.39, 0.29) is 0 Å². The lowest BCUT2D eigenvalue weighted by Crippen LogP contribution is -2.40. The topological polar surface area (TPSA) is 3.24 Å². The summed E-state index contributed by atoms with van der Waals surface area (Å²) in [5, 5.41) is 0.433. The molecule has 0 radical (unpaired) electrons. The molecule has 1 atom stereocenters. The SMILES string of the molecule is CC(C)CC(C)N1CCC(Cl)CC1. The number of alkyl halides is 1. The molecule has 1 aliphatic rings. The first-order valence-corrected chi connectivity index (χ1v) is 5.91. The lowest BCUT2D eigenvalue weighted by Gasteiger charge is -2.34. The molecule has 0 aliphatic carbocycles. The van der Waals surface area contributed by atoms with Crippen LogP contribution >= 0.6 is 11.6 Å². The summed E-state index contributed by atoms with van der Waals surface area (Å²) >= 11 is 6.07. The van der Waals surface area contributed by atoms with Crippen molar-refractivity contribution < 1.29 is 0 Å². The number of nitrogens with zero attached hydrogens (tertiary/aromatic N) is 1. The number of halogens is 1. The van der Waals surface area contributed by atoms with Crippen LogP contribution in [-0.4, -0.2) is 29.4 Å². The summed E-state index contributed by atoms with van der Waals surface area (Å²) in [6.45, 7) is 9.33. The standard InChI is InChI=1S/C11H22ClN/c1-9(2)8-10(3)13-6-4-11(12)5-7-13/h9-11H,4-8H2,1-3H3. The fourth-order valence-electron chi connectivity index (χ4n) is 2.14. The van der Waals surface area contributed by atoms with Crippen LogP contribution in [0.1, 0.15) is 40.0 Å². The third kappa shape index (κ3) is 3.86. The Bertz CT molecular complexity index is 139. The molecule has 1 aliphatic heterocycles. The van der Waals surface area contributed by atoms with Gasteiger partial charge in [0.05, 0.1) is 0 Å². The molecule has 78 valence electrons. The van der Waals surface area contributed by atoms with E-state index >= 15 is 0 Å². The van der Waals surface area contributed by atoms with Gasteiger partial charge in [0.15, 0.2) is 0 Å². The number of piperidine rings is 1. The Morgan fingerprint density at radius 2 is 1.77 bits per heavy atom. The predicted octanol–water partition coefficient (Wildman–Crippen LogP) is 3.12. The molecule has 2 heteroatoms. The molecule has 1 nitrogen and oxygen atoms in total. The monoisotopic (exact) mass is 203 g/mol. The fraction of sp³-hybridized carbons (Fsp3) is 1.00. The Labute approximate surface area is 87.4 Å². The molecule has 1 saturated heterocycles. The third-order valence-corrected chi connectivity index (χ3v) is 3.33. The van der Waals surface area contributed by atoms with Gasteiger partial charge in [-0.05, 0) is 45.2 Å². The van der Waals surface area contributed by atoms with Gasteiger partial charge in [0.1, 0.15) is 0 Å². The van der Waals surface area contributed by atoms with Crippen molar-refractivity contribution in [3.8, 4) is 0 Å². The Morgan fingerprint density at radius 1 is 1.23 bits per heavy atom. The van der Waals surface area contributed by atoms with Crippen molar-refractivity contribution in [2.75, 3.05) is 13.1 Å². The van der Waals surface area contributed by atoms with Crippen LogP contribution in [-0.2, 0) is 0 Å². The highest BCUT2D eigenvalue weighted by molar-refractivity contribution is 6.20. The van der Waals surface area contributed by atoms with E-state index in [0.717, 1.165) is 12.0 Å². The Balaban J connectivity index is 2.27. The van der Waals surface area contributed by atoms with Crippen LogP contribution in [0.3, 0.4) is 0 Å². The van der Waals surface area contributed by atoms with Gasteiger partial charge in [0, 0.05) is 11.4 Å². The van der Waals surface area contributed by atoms with Crippen molar-refractivity contribution in [1.29, 1.82) is 0 Å². The zero-order chi connectivity index (χ0) is 9.84. The molecule has 1 heterocycles. The first-order valence-electron chi connectivity index (χ1n) is 5.47. The van der Waals surface area contributed by atoms with E-state index in [1.807, 2.05) is 0 Å². The summed E-state index contributed by atoms with van der Waals surface area (Å²) in [7, 11) is 0. The van der Waals surface area contributed by atoms with E-state index in [1.54, 1.807) is 0 Å². The Hall–Kier alpha value is 0.250. The van der Waals surface area contributed by atoms with Crippen molar-refractivity contribution in [2.24, 2.45) is 5.92 Å². The number of likely N-dealkylation sites (tertiary alicyclic amines) is 1. The van der Waals surface area contributed by atoms with Gasteiger partial charge < -0.3 is 4.90 Å². The molecule has 1 rings (SSSR count). The Kier molecular flexibility index (Phi) is 4.54. The quantitative estimate of drug-likeness (QED) is 0.638. The van der Waals surface area contributed by atoms with Gasteiger partial charge in [0.25, 0.3) is 0 Å². The minimum Gasteiger partial charge on any atom is -0.301 e. The van der Waals surface area contributed by atoms with Crippen molar-refractivity contribution >= 4 is 11.6 Å². The van der Waals surface area contributed by atoms with E-state index in [9.17, 15) is 0 Å². The van der Waals surface area contributed by atoms with Gasteiger partial charge in [-0.2, -0.15) is 0 Å². The maximum atomic E-state index is 6.07. The molecular weight excluding hydrogens is 182 g/mol. The van der Waals surface area contributed by atoms with Crippen LogP contribution in [0.25, 0.3) is 0 Å². The Morgan fingerprint density at radius 3 is 2.23 bits per heavy atom. The largest absolute Gasteiger partial charge is 0.301 e. The second kappa shape index (κ2) is 5.21. The van der Waals surface area contributed by atoms with Crippen molar-refractivity contribution in [1.82, 2.24) is 4.90 Å². The van der Waals surface area contributed by atoms with Crippen molar-refractivity contribution in [2.45, 2.75) is 51.5 Å². The smallest absolute Gasteiger partial charge is 0.0360 e. The minimum atomic E-state index is 0.433. The average Bonchev–Trinajstić information content (AvgIpc) is 2.04. The summed E-state index contributed by atoms with van der Waals surface area (Å²) in [6, 6.07) is 0.740. The van der Waals surface area contributed by atoms with E-state index < -0.39 is 0 Å². The van der Waals surface area contributed by atoms with Crippen LogP contribution in [0, 0.1) is 5.92 Å². The molecule has 13 heavy (non-hydrogen) atoms. The fourth-order valence-corrected chi connectivity index (χ4v) is 2.34. The van der Waals surface area contributed by atoms with Crippen LogP contribution < -0.4 is 0 Å². The second-order valence-electron chi connectivity index (χ2n) is 4.69. The third-order valence-electron chi connectivity index (χ3n) is 2.89. The van der Waals surface area contributed by atoms with Crippen LogP contribution in [0.15, 0.2) is 0 Å². The van der Waals surface area contributed by atoms with E-state index in [1.165, 1.54) is 32.4 Å². The average molecular weight is 204 g/mol. The summed E-state index contributed by atoms with van der Waals surface area (Å²) in [4.78, 5) is 2.58. The molecular formula is C11H22ClN. The van der Waals surface area contributed by atoms with Gasteiger partial charge in [-0.1, -0.05) is 13.8 Å². The highest BCUT2D eigenvalue weighted by atomic mass is 35.5. The predicted molar refractivity (Wildman–Crippen MR) is 59.4 cm³/mol. The van der Waals surface area contributed by atoms with Crippen LogP contribution in [0.2, 0.25) is 0 Å². The minimum absolute atomic E-state index is 0.433. The summed E-state index contributed by atoms with van der Waals surface area (Å²) in [5.74, 6) is 0.809. The molecule has 0 saturated carbocycles. The summed E-state index contributed by atoms with van der Waals surface area (Å²) in [6.07, 6.45) is 3.65. The highest BCUT2D eigenvalue weighted by Gasteiger charge is 2.21. The second-order valence-corrected chi connectivity index (χ2v) is 5.31. The van der Waals surface area contributed by atoms with Gasteiger partial charge in [-0.3, -0.25) is 0 Å². The first-order chi connectivity index (χ1) is 6.09. The number of hydrogen-bond acceptors (Lipinski definition) is 1. The molecule has 0 aromatic heterocycles. The van der Waals surface area contributed by atoms with Crippen molar-refractivity contribution in [3.63, 3.8) is 0 Å². The highest BCUT2D eigenvalue weighted by Crippen LogP contribution is 2.20. The van der Waals surface area contributed by atoms with Gasteiger partial charge in [-0.25, -0.2) is 0 Å². The van der Waals surface area contributed by atoms with Crippen LogP contribution in [0.4, 0.5) is 0 Å². The molecule has 0 aromatic rings. The van der Waals surface area contributed by atoms with E-state index in [2.05, 4.69) is 25.7 Å².